The predicted molar refractivity (Wildman–Crippen MR) is 122 cm³/mol. The summed E-state index contributed by atoms with van der Waals surface area (Å²) in [4.78, 5) is 12.7. The molecule has 0 saturated carbocycles. The summed E-state index contributed by atoms with van der Waals surface area (Å²) in [6.45, 7) is 0. The molecule has 7 heteroatoms. The van der Waals surface area contributed by atoms with Crippen LogP contribution in [0.25, 0.3) is 5.69 Å². The number of amides is 1. The maximum atomic E-state index is 12.7. The Balaban J connectivity index is 1.71. The Morgan fingerprint density at radius 3 is 2.07 bits per heavy atom. The molecule has 1 heterocycles. The van der Waals surface area contributed by atoms with Gasteiger partial charge < -0.3 is 14.6 Å². The summed E-state index contributed by atoms with van der Waals surface area (Å²) in [5.74, 6) is 0.701. The number of carbonyl (C=O) groups excluding carboxylic acids is 1. The second-order valence-corrected chi connectivity index (χ2v) is 7.69. The van der Waals surface area contributed by atoms with Crippen LogP contribution in [0.4, 0.5) is 5.69 Å². The van der Waals surface area contributed by atoms with E-state index in [1.54, 1.807) is 60.7 Å². The highest BCUT2D eigenvalue weighted by Crippen LogP contribution is 2.37. The molecule has 1 N–H and O–H groups in total. The van der Waals surface area contributed by atoms with Crippen molar-refractivity contribution in [3.8, 4) is 17.2 Å². The zero-order chi connectivity index (χ0) is 21.1. The van der Waals surface area contributed by atoms with Crippen LogP contribution in [0.15, 0.2) is 85.2 Å². The van der Waals surface area contributed by atoms with E-state index in [2.05, 4.69) is 5.32 Å². The number of aromatic nitrogens is 1. The Morgan fingerprint density at radius 2 is 1.43 bits per heavy atom. The number of hydrogen-bond donors (Lipinski definition) is 1. The highest BCUT2D eigenvalue weighted by molar-refractivity contribution is 6.33. The van der Waals surface area contributed by atoms with Gasteiger partial charge in [0.05, 0.1) is 16.4 Å². The van der Waals surface area contributed by atoms with Gasteiger partial charge in [-0.05, 0) is 66.7 Å². The SMILES string of the molecule is O=C(Nc1cc(Cl)c(-n2cccc2)cc1Oc1ccc(Cl)cc1)c1ccc(Cl)cc1. The van der Waals surface area contributed by atoms with E-state index < -0.39 is 0 Å². The average Bonchev–Trinajstić information content (AvgIpc) is 3.26. The molecule has 0 aliphatic rings. The fourth-order valence-electron chi connectivity index (χ4n) is 2.84. The molecule has 4 nitrogen and oxygen atoms in total. The minimum atomic E-state index is -0.308. The topological polar surface area (TPSA) is 43.3 Å². The maximum absolute atomic E-state index is 12.7. The van der Waals surface area contributed by atoms with Gasteiger partial charge in [0.2, 0.25) is 0 Å². The molecule has 30 heavy (non-hydrogen) atoms. The molecule has 0 aliphatic heterocycles. The third-order valence-corrected chi connectivity index (χ3v) is 5.13. The number of nitrogens with one attached hydrogen (secondary N) is 1. The van der Waals surface area contributed by atoms with E-state index in [9.17, 15) is 4.79 Å². The normalized spacial score (nSPS) is 10.6. The fraction of sp³-hybridized carbons (Fsp3) is 0. The molecular weight excluding hydrogens is 443 g/mol. The van der Waals surface area contributed by atoms with E-state index in [1.807, 2.05) is 29.1 Å². The van der Waals surface area contributed by atoms with Crippen molar-refractivity contribution >= 4 is 46.4 Å². The lowest BCUT2D eigenvalue weighted by molar-refractivity contribution is 0.102. The van der Waals surface area contributed by atoms with Crippen molar-refractivity contribution < 1.29 is 9.53 Å². The lowest BCUT2D eigenvalue weighted by atomic mass is 10.2. The highest BCUT2D eigenvalue weighted by Gasteiger charge is 2.15. The summed E-state index contributed by atoms with van der Waals surface area (Å²) in [5.41, 5.74) is 1.61. The predicted octanol–water partition coefficient (Wildman–Crippen LogP) is 7.48. The van der Waals surface area contributed by atoms with Gasteiger partial charge in [0.25, 0.3) is 5.91 Å². The molecule has 1 amide bonds. The van der Waals surface area contributed by atoms with Crippen LogP contribution in [0.5, 0.6) is 11.5 Å². The molecular formula is C23H15Cl3N2O2. The van der Waals surface area contributed by atoms with E-state index in [1.165, 1.54) is 0 Å². The largest absolute Gasteiger partial charge is 0.455 e. The molecule has 4 aromatic rings. The minimum absolute atomic E-state index is 0.308. The fourth-order valence-corrected chi connectivity index (χ4v) is 3.36. The smallest absolute Gasteiger partial charge is 0.255 e. The van der Waals surface area contributed by atoms with Crippen molar-refractivity contribution in [2.45, 2.75) is 0 Å². The summed E-state index contributed by atoms with van der Waals surface area (Å²) in [6.07, 6.45) is 3.75. The lowest BCUT2D eigenvalue weighted by Gasteiger charge is -2.16. The van der Waals surface area contributed by atoms with E-state index >= 15 is 0 Å². The van der Waals surface area contributed by atoms with Crippen molar-refractivity contribution in [2.24, 2.45) is 0 Å². The van der Waals surface area contributed by atoms with Gasteiger partial charge >= 0.3 is 0 Å². The zero-order valence-corrected chi connectivity index (χ0v) is 17.7. The van der Waals surface area contributed by atoms with Gasteiger partial charge in [0, 0.05) is 34.1 Å². The van der Waals surface area contributed by atoms with Crippen LogP contribution in [0.1, 0.15) is 10.4 Å². The van der Waals surface area contributed by atoms with E-state index in [4.69, 9.17) is 39.5 Å². The molecule has 0 saturated heterocycles. The molecule has 0 radical (unpaired) electrons. The summed E-state index contributed by atoms with van der Waals surface area (Å²) >= 11 is 18.4. The average molecular weight is 458 g/mol. The number of halogens is 3. The van der Waals surface area contributed by atoms with Gasteiger partial charge in [0.1, 0.15) is 5.75 Å². The molecule has 0 unspecified atom stereocenters. The lowest BCUT2D eigenvalue weighted by Crippen LogP contribution is -2.12. The Kier molecular flexibility index (Phi) is 6.00. The second kappa shape index (κ2) is 8.84. The molecule has 1 aromatic heterocycles. The first kappa shape index (κ1) is 20.4. The van der Waals surface area contributed by atoms with Gasteiger partial charge in [0.15, 0.2) is 5.75 Å². The third-order valence-electron chi connectivity index (χ3n) is 4.33. The maximum Gasteiger partial charge on any atom is 0.255 e. The molecule has 4 rings (SSSR count). The number of hydrogen-bond acceptors (Lipinski definition) is 2. The van der Waals surface area contributed by atoms with Crippen LogP contribution in [0.2, 0.25) is 15.1 Å². The number of rotatable bonds is 5. The van der Waals surface area contributed by atoms with Gasteiger partial charge in [-0.25, -0.2) is 0 Å². The number of carbonyl (C=O) groups is 1. The molecule has 0 atom stereocenters. The van der Waals surface area contributed by atoms with Crippen LogP contribution >= 0.6 is 34.8 Å². The Labute approximate surface area is 188 Å². The quantitative estimate of drug-likeness (QED) is 0.337. The van der Waals surface area contributed by atoms with E-state index in [-0.39, 0.29) is 5.91 Å². The number of anilines is 1. The minimum Gasteiger partial charge on any atom is -0.455 e. The van der Waals surface area contributed by atoms with Gasteiger partial charge in [-0.3, -0.25) is 4.79 Å². The monoisotopic (exact) mass is 456 g/mol. The van der Waals surface area contributed by atoms with Crippen molar-refractivity contribution in [1.29, 1.82) is 0 Å². The number of nitrogens with zero attached hydrogens (tertiary/aromatic N) is 1. The standard InChI is InChI=1S/C23H15Cl3N2O2/c24-16-5-3-15(4-6-16)23(29)27-20-13-19(26)21(28-11-1-2-12-28)14-22(20)30-18-9-7-17(25)8-10-18/h1-14H,(H,27,29). The van der Waals surface area contributed by atoms with Gasteiger partial charge in [-0.2, -0.15) is 0 Å². The van der Waals surface area contributed by atoms with E-state index in [0.29, 0.717) is 37.8 Å². The van der Waals surface area contributed by atoms with Crippen LogP contribution in [0, 0.1) is 0 Å². The van der Waals surface area contributed by atoms with E-state index in [0.717, 1.165) is 5.69 Å². The summed E-state index contributed by atoms with van der Waals surface area (Å²) < 4.78 is 7.91. The van der Waals surface area contributed by atoms with Crippen LogP contribution in [-0.4, -0.2) is 10.5 Å². The first-order chi connectivity index (χ1) is 14.5. The molecule has 3 aromatic carbocycles. The van der Waals surface area contributed by atoms with Gasteiger partial charge in [-0.15, -0.1) is 0 Å². The zero-order valence-electron chi connectivity index (χ0n) is 15.5. The van der Waals surface area contributed by atoms with Crippen LogP contribution in [-0.2, 0) is 0 Å². The summed E-state index contributed by atoms with van der Waals surface area (Å²) in [7, 11) is 0. The van der Waals surface area contributed by atoms with Crippen molar-refractivity contribution in [3.05, 3.63) is 106 Å². The molecule has 0 bridgehead atoms. The third kappa shape index (κ3) is 4.62. The first-order valence-electron chi connectivity index (χ1n) is 8.97. The summed E-state index contributed by atoms with van der Waals surface area (Å²) in [6, 6.07) is 20.8. The molecule has 0 spiro atoms. The Bertz CT molecular complexity index is 1170. The molecule has 0 fully saturated rings. The second-order valence-electron chi connectivity index (χ2n) is 6.41. The van der Waals surface area contributed by atoms with Crippen molar-refractivity contribution in [3.63, 3.8) is 0 Å². The number of benzene rings is 3. The Morgan fingerprint density at radius 1 is 0.833 bits per heavy atom. The first-order valence-corrected chi connectivity index (χ1v) is 10.1. The van der Waals surface area contributed by atoms with Gasteiger partial charge in [-0.1, -0.05) is 34.8 Å². The summed E-state index contributed by atoms with van der Waals surface area (Å²) in [5, 5.41) is 4.48. The highest BCUT2D eigenvalue weighted by atomic mass is 35.5. The van der Waals surface area contributed by atoms with Crippen LogP contribution in [0.3, 0.4) is 0 Å². The number of ether oxygens (including phenoxy) is 1. The molecule has 0 aliphatic carbocycles. The van der Waals surface area contributed by atoms with Crippen molar-refractivity contribution in [2.75, 3.05) is 5.32 Å². The Hall–Kier alpha value is -2.92. The molecule has 150 valence electrons. The van der Waals surface area contributed by atoms with Crippen LogP contribution < -0.4 is 10.1 Å². The van der Waals surface area contributed by atoms with Crippen molar-refractivity contribution in [1.82, 2.24) is 4.57 Å².